The molecule has 2 aliphatic rings. The van der Waals surface area contributed by atoms with Gasteiger partial charge < -0.3 is 10.2 Å². The van der Waals surface area contributed by atoms with Gasteiger partial charge >= 0.3 is 0 Å². The van der Waals surface area contributed by atoms with Gasteiger partial charge in [-0.1, -0.05) is 25.8 Å². The fraction of sp³-hybridized carbons (Fsp3) is 0.722. The van der Waals surface area contributed by atoms with E-state index in [0.717, 1.165) is 19.5 Å². The Morgan fingerprint density at radius 1 is 1.38 bits per heavy atom. The van der Waals surface area contributed by atoms with Crippen molar-refractivity contribution in [3.63, 3.8) is 0 Å². The van der Waals surface area contributed by atoms with E-state index in [0.29, 0.717) is 24.6 Å². The first kappa shape index (κ1) is 18.6. The van der Waals surface area contributed by atoms with Gasteiger partial charge in [-0.15, -0.1) is 0 Å². The molecule has 0 bridgehead atoms. The second-order valence-corrected chi connectivity index (χ2v) is 6.95. The molecule has 2 fully saturated rings. The molecule has 1 heterocycles. The molecule has 6 heteroatoms. The Hall–Kier alpha value is -1.69. The van der Waals surface area contributed by atoms with Crippen LogP contribution in [-0.4, -0.2) is 59.5 Å². The molecule has 1 atom stereocenters. The summed E-state index contributed by atoms with van der Waals surface area (Å²) in [6.45, 7) is 8.09. The lowest BCUT2D eigenvalue weighted by molar-refractivity contribution is -0.140. The summed E-state index contributed by atoms with van der Waals surface area (Å²) in [5.41, 5.74) is 0.197. The van der Waals surface area contributed by atoms with Gasteiger partial charge in [-0.05, 0) is 33.1 Å². The summed E-state index contributed by atoms with van der Waals surface area (Å²) in [6, 6.07) is 0.551. The fourth-order valence-electron chi connectivity index (χ4n) is 3.71. The summed E-state index contributed by atoms with van der Waals surface area (Å²) < 4.78 is 0. The zero-order chi connectivity index (χ0) is 17.6. The Kier molecular flexibility index (Phi) is 6.54. The second kappa shape index (κ2) is 8.42. The van der Waals surface area contributed by atoms with Gasteiger partial charge in [0.05, 0.1) is 18.3 Å². The first-order chi connectivity index (χ1) is 11.6. The van der Waals surface area contributed by atoms with Gasteiger partial charge in [-0.3, -0.25) is 14.6 Å². The molecule has 0 aromatic heterocycles. The summed E-state index contributed by atoms with van der Waals surface area (Å²) in [6.07, 6.45) is 9.53. The van der Waals surface area contributed by atoms with Crippen LogP contribution in [0.15, 0.2) is 16.9 Å². The number of nitrogens with one attached hydrogen (secondary N) is 1. The average molecular weight is 334 g/mol. The molecule has 24 heavy (non-hydrogen) atoms. The predicted octanol–water partition coefficient (Wildman–Crippen LogP) is 1.92. The average Bonchev–Trinajstić information content (AvgIpc) is 3.08. The molecule has 1 saturated heterocycles. The minimum Gasteiger partial charge on any atom is -0.329 e. The van der Waals surface area contributed by atoms with E-state index in [1.165, 1.54) is 31.9 Å². The molecule has 1 aliphatic heterocycles. The number of carbonyl (C=O) groups is 2. The molecule has 1 N–H and O–H groups in total. The number of hydrazone groups is 1. The van der Waals surface area contributed by atoms with Gasteiger partial charge in [0, 0.05) is 19.1 Å². The number of carbonyl (C=O) groups excluding carboxylic acids is 2. The normalized spacial score (nSPS) is 27.6. The van der Waals surface area contributed by atoms with Gasteiger partial charge in [0.25, 0.3) is 5.91 Å². The summed E-state index contributed by atoms with van der Waals surface area (Å²) >= 11 is 0. The third kappa shape index (κ3) is 4.04. The molecule has 0 spiro atoms. The molecule has 6 nitrogen and oxygen atoms in total. The van der Waals surface area contributed by atoms with Crippen molar-refractivity contribution in [3.8, 4) is 0 Å². The van der Waals surface area contributed by atoms with Crippen molar-refractivity contribution < 1.29 is 9.59 Å². The highest BCUT2D eigenvalue weighted by Crippen LogP contribution is 2.29. The SMILES string of the molecule is C/C=C1/C(=O)N(CCC)C(C)(CNC2CCCC2)CN1/N=C/C=O. The van der Waals surface area contributed by atoms with Crippen LogP contribution < -0.4 is 5.32 Å². The summed E-state index contributed by atoms with van der Waals surface area (Å²) in [4.78, 5) is 25.6. The smallest absolute Gasteiger partial charge is 0.272 e. The first-order valence-corrected chi connectivity index (χ1v) is 9.02. The summed E-state index contributed by atoms with van der Waals surface area (Å²) in [5.74, 6) is -0.00984. The van der Waals surface area contributed by atoms with E-state index in [-0.39, 0.29) is 11.4 Å². The van der Waals surface area contributed by atoms with E-state index in [1.807, 2.05) is 11.8 Å². The van der Waals surface area contributed by atoms with Gasteiger partial charge in [0.2, 0.25) is 0 Å². The van der Waals surface area contributed by atoms with Crippen LogP contribution in [0.1, 0.15) is 52.9 Å². The standard InChI is InChI=1S/C18H30N4O2/c1-4-11-21-17(24)16(5-2)22(20-10-12-23)14-18(21,3)13-19-15-8-6-7-9-15/h5,10,12,15,19H,4,6-9,11,13-14H2,1-3H3/b16-5-,20-10+. The highest BCUT2D eigenvalue weighted by molar-refractivity contribution is 6.12. The molecule has 0 radical (unpaired) electrons. The first-order valence-electron chi connectivity index (χ1n) is 9.02. The van der Waals surface area contributed by atoms with E-state index in [1.54, 1.807) is 11.1 Å². The molecular weight excluding hydrogens is 304 g/mol. The molecule has 1 amide bonds. The second-order valence-electron chi connectivity index (χ2n) is 6.95. The molecule has 0 aromatic carbocycles. The summed E-state index contributed by atoms with van der Waals surface area (Å²) in [7, 11) is 0. The van der Waals surface area contributed by atoms with Crippen molar-refractivity contribution in [2.75, 3.05) is 19.6 Å². The molecule has 1 saturated carbocycles. The Morgan fingerprint density at radius 3 is 2.67 bits per heavy atom. The number of nitrogens with zero attached hydrogens (tertiary/aromatic N) is 3. The number of hydrogen-bond acceptors (Lipinski definition) is 5. The largest absolute Gasteiger partial charge is 0.329 e. The van der Waals surface area contributed by atoms with Crippen LogP contribution in [0.25, 0.3) is 0 Å². The Labute approximate surface area is 145 Å². The quantitative estimate of drug-likeness (QED) is 0.439. The van der Waals surface area contributed by atoms with Crippen LogP contribution in [0.5, 0.6) is 0 Å². The van der Waals surface area contributed by atoms with Gasteiger partial charge in [0.15, 0.2) is 6.29 Å². The Bertz CT molecular complexity index is 511. The monoisotopic (exact) mass is 334 g/mol. The molecule has 134 valence electrons. The van der Waals surface area contributed by atoms with Gasteiger partial charge in [0.1, 0.15) is 5.70 Å². The van der Waals surface area contributed by atoms with Crippen LogP contribution in [-0.2, 0) is 9.59 Å². The predicted molar refractivity (Wildman–Crippen MR) is 95.7 cm³/mol. The van der Waals surface area contributed by atoms with Gasteiger partial charge in [-0.25, -0.2) is 0 Å². The van der Waals surface area contributed by atoms with E-state index in [2.05, 4.69) is 24.3 Å². The van der Waals surface area contributed by atoms with Crippen LogP contribution >= 0.6 is 0 Å². The minimum atomic E-state index is -0.345. The molecule has 1 unspecified atom stereocenters. The molecular formula is C18H30N4O2. The lowest BCUT2D eigenvalue weighted by atomic mass is 9.94. The maximum absolute atomic E-state index is 13.0. The third-order valence-corrected chi connectivity index (χ3v) is 5.00. The maximum atomic E-state index is 13.0. The van der Waals surface area contributed by atoms with E-state index in [9.17, 15) is 9.59 Å². The highest BCUT2D eigenvalue weighted by atomic mass is 16.2. The zero-order valence-electron chi connectivity index (χ0n) is 15.1. The number of hydrogen-bond donors (Lipinski definition) is 1. The zero-order valence-corrected chi connectivity index (χ0v) is 15.1. The Balaban J connectivity index is 2.21. The van der Waals surface area contributed by atoms with Crippen molar-refractivity contribution in [2.24, 2.45) is 5.10 Å². The van der Waals surface area contributed by atoms with Crippen molar-refractivity contribution in [1.82, 2.24) is 15.2 Å². The third-order valence-electron chi connectivity index (χ3n) is 5.00. The lowest BCUT2D eigenvalue weighted by Crippen LogP contribution is -2.65. The Morgan fingerprint density at radius 2 is 2.08 bits per heavy atom. The lowest BCUT2D eigenvalue weighted by Gasteiger charge is -2.49. The minimum absolute atomic E-state index is 0.00984. The van der Waals surface area contributed by atoms with Crippen molar-refractivity contribution in [3.05, 3.63) is 11.8 Å². The number of piperazine rings is 1. The van der Waals surface area contributed by atoms with Crippen molar-refractivity contribution >= 4 is 18.4 Å². The van der Waals surface area contributed by atoms with E-state index in [4.69, 9.17) is 0 Å². The van der Waals surface area contributed by atoms with E-state index < -0.39 is 0 Å². The fourth-order valence-corrected chi connectivity index (χ4v) is 3.71. The van der Waals surface area contributed by atoms with Crippen molar-refractivity contribution in [2.45, 2.75) is 64.5 Å². The number of amides is 1. The van der Waals surface area contributed by atoms with Crippen LogP contribution in [0, 0.1) is 0 Å². The number of allylic oxidation sites excluding steroid dienone is 1. The van der Waals surface area contributed by atoms with E-state index >= 15 is 0 Å². The van der Waals surface area contributed by atoms with Crippen molar-refractivity contribution in [1.29, 1.82) is 0 Å². The highest BCUT2D eigenvalue weighted by Gasteiger charge is 2.44. The summed E-state index contributed by atoms with van der Waals surface area (Å²) in [5, 5.41) is 9.49. The molecule has 1 aliphatic carbocycles. The van der Waals surface area contributed by atoms with Crippen LogP contribution in [0.2, 0.25) is 0 Å². The number of rotatable bonds is 7. The number of aldehydes is 1. The maximum Gasteiger partial charge on any atom is 0.272 e. The molecule has 2 rings (SSSR count). The molecule has 0 aromatic rings. The van der Waals surface area contributed by atoms with Crippen LogP contribution in [0.4, 0.5) is 0 Å². The van der Waals surface area contributed by atoms with Crippen LogP contribution in [0.3, 0.4) is 0 Å². The van der Waals surface area contributed by atoms with Gasteiger partial charge in [-0.2, -0.15) is 5.10 Å². The topological polar surface area (TPSA) is 65.0 Å².